The summed E-state index contributed by atoms with van der Waals surface area (Å²) >= 11 is 0. The summed E-state index contributed by atoms with van der Waals surface area (Å²) < 4.78 is 5.63. The van der Waals surface area contributed by atoms with Gasteiger partial charge in [0.05, 0.1) is 6.10 Å². The zero-order chi connectivity index (χ0) is 11.7. The molecule has 0 spiro atoms. The van der Waals surface area contributed by atoms with Gasteiger partial charge in [0.1, 0.15) is 6.10 Å². The normalized spacial score (nSPS) is 39.3. The Morgan fingerprint density at radius 3 is 2.69 bits per heavy atom. The van der Waals surface area contributed by atoms with Crippen LogP contribution in [0, 0.1) is 5.92 Å². The van der Waals surface area contributed by atoms with Gasteiger partial charge in [-0.2, -0.15) is 0 Å². The van der Waals surface area contributed by atoms with E-state index in [1.54, 1.807) is 0 Å². The van der Waals surface area contributed by atoms with E-state index in [4.69, 9.17) is 10.5 Å². The second kappa shape index (κ2) is 4.72. The summed E-state index contributed by atoms with van der Waals surface area (Å²) in [4.78, 5) is 14.2. The molecule has 1 amide bonds. The van der Waals surface area contributed by atoms with Gasteiger partial charge in [0.25, 0.3) is 5.91 Å². The van der Waals surface area contributed by atoms with Gasteiger partial charge in [-0.25, -0.2) is 0 Å². The van der Waals surface area contributed by atoms with Crippen LogP contribution in [-0.2, 0) is 9.53 Å². The molecule has 16 heavy (non-hydrogen) atoms. The molecule has 4 atom stereocenters. The Hall–Kier alpha value is -0.610. The van der Waals surface area contributed by atoms with E-state index in [1.807, 2.05) is 11.8 Å². The van der Waals surface area contributed by atoms with E-state index in [-0.39, 0.29) is 18.1 Å². The Morgan fingerprint density at radius 1 is 1.44 bits per heavy atom. The third kappa shape index (κ3) is 2.23. The summed E-state index contributed by atoms with van der Waals surface area (Å²) in [5, 5.41) is 0. The van der Waals surface area contributed by atoms with E-state index < -0.39 is 0 Å². The number of likely N-dealkylation sites (tertiary alicyclic amines) is 1. The van der Waals surface area contributed by atoms with Crippen LogP contribution in [0.3, 0.4) is 0 Å². The molecule has 4 unspecified atom stereocenters. The molecule has 0 aromatic heterocycles. The van der Waals surface area contributed by atoms with Crippen molar-refractivity contribution in [2.75, 3.05) is 13.1 Å². The van der Waals surface area contributed by atoms with Gasteiger partial charge >= 0.3 is 0 Å². The molecule has 2 saturated heterocycles. The zero-order valence-electron chi connectivity index (χ0n) is 10.2. The molecular weight excluding hydrogens is 204 g/mol. The van der Waals surface area contributed by atoms with Gasteiger partial charge < -0.3 is 15.4 Å². The molecule has 4 nitrogen and oxygen atoms in total. The number of hydrogen-bond acceptors (Lipinski definition) is 3. The number of carbonyl (C=O) groups is 1. The van der Waals surface area contributed by atoms with E-state index in [2.05, 4.69) is 6.92 Å². The number of amides is 1. The Labute approximate surface area is 97.1 Å². The van der Waals surface area contributed by atoms with Crippen LogP contribution in [0.25, 0.3) is 0 Å². The maximum atomic E-state index is 12.2. The Balaban J connectivity index is 1.94. The molecule has 2 aliphatic rings. The first-order chi connectivity index (χ1) is 7.61. The van der Waals surface area contributed by atoms with Gasteiger partial charge in [-0.3, -0.25) is 4.79 Å². The molecule has 92 valence electrons. The minimum absolute atomic E-state index is 0.174. The average Bonchev–Trinajstić information content (AvgIpc) is 2.83. The van der Waals surface area contributed by atoms with Crippen molar-refractivity contribution in [2.24, 2.45) is 11.7 Å². The predicted molar refractivity (Wildman–Crippen MR) is 61.9 cm³/mol. The highest BCUT2D eigenvalue weighted by molar-refractivity contribution is 5.81. The van der Waals surface area contributed by atoms with Crippen LogP contribution in [-0.4, -0.2) is 42.1 Å². The first kappa shape index (κ1) is 11.9. The minimum atomic E-state index is -0.200. The second-order valence-electron chi connectivity index (χ2n) is 5.19. The third-order valence-corrected chi connectivity index (χ3v) is 3.79. The summed E-state index contributed by atoms with van der Waals surface area (Å²) in [6, 6.07) is 0.320. The quantitative estimate of drug-likeness (QED) is 0.756. The second-order valence-corrected chi connectivity index (χ2v) is 5.19. The summed E-state index contributed by atoms with van der Waals surface area (Å²) in [7, 11) is 0. The van der Waals surface area contributed by atoms with Crippen LogP contribution in [0.5, 0.6) is 0 Å². The minimum Gasteiger partial charge on any atom is -0.365 e. The number of nitrogens with zero attached hydrogens (tertiary/aromatic N) is 1. The topological polar surface area (TPSA) is 55.6 Å². The highest BCUT2D eigenvalue weighted by Gasteiger charge is 2.37. The molecule has 2 N–H and O–H groups in total. The molecule has 2 rings (SSSR count). The van der Waals surface area contributed by atoms with Gasteiger partial charge in [0.2, 0.25) is 0 Å². The van der Waals surface area contributed by atoms with Crippen LogP contribution in [0.2, 0.25) is 0 Å². The van der Waals surface area contributed by atoms with Crippen molar-refractivity contribution in [3.05, 3.63) is 0 Å². The number of ether oxygens (including phenoxy) is 1. The summed E-state index contributed by atoms with van der Waals surface area (Å²) in [5.74, 6) is 0.644. The Kier molecular flexibility index (Phi) is 3.50. The van der Waals surface area contributed by atoms with Gasteiger partial charge in [-0.1, -0.05) is 0 Å². The summed E-state index contributed by atoms with van der Waals surface area (Å²) in [6.07, 6.45) is 2.94. The fourth-order valence-corrected chi connectivity index (χ4v) is 2.79. The highest BCUT2D eigenvalue weighted by atomic mass is 16.5. The third-order valence-electron chi connectivity index (χ3n) is 3.79. The first-order valence-electron chi connectivity index (χ1n) is 6.27. The first-order valence-corrected chi connectivity index (χ1v) is 6.27. The Bertz CT molecular complexity index is 270. The lowest BCUT2D eigenvalue weighted by Gasteiger charge is -2.24. The van der Waals surface area contributed by atoms with E-state index in [0.717, 1.165) is 25.8 Å². The predicted octanol–water partition coefficient (Wildman–Crippen LogP) is 0.750. The van der Waals surface area contributed by atoms with E-state index in [9.17, 15) is 4.79 Å². The van der Waals surface area contributed by atoms with Crippen molar-refractivity contribution >= 4 is 5.91 Å². The van der Waals surface area contributed by atoms with Gasteiger partial charge in [0, 0.05) is 12.6 Å². The molecule has 0 saturated carbocycles. The van der Waals surface area contributed by atoms with Crippen LogP contribution >= 0.6 is 0 Å². The lowest BCUT2D eigenvalue weighted by Crippen LogP contribution is -2.41. The average molecular weight is 226 g/mol. The summed E-state index contributed by atoms with van der Waals surface area (Å²) in [5.41, 5.74) is 5.66. The molecule has 2 fully saturated rings. The van der Waals surface area contributed by atoms with Crippen molar-refractivity contribution in [3.8, 4) is 0 Å². The molecule has 0 aliphatic carbocycles. The maximum Gasteiger partial charge on any atom is 0.251 e. The SMILES string of the molecule is CC1CCC(C(=O)N2CC(CN)CC2C)O1. The number of rotatable bonds is 2. The lowest BCUT2D eigenvalue weighted by molar-refractivity contribution is -0.143. The van der Waals surface area contributed by atoms with Crippen molar-refractivity contribution in [3.63, 3.8) is 0 Å². The number of nitrogens with two attached hydrogens (primary N) is 1. The molecule has 0 aromatic carbocycles. The molecule has 0 bridgehead atoms. The monoisotopic (exact) mass is 226 g/mol. The van der Waals surface area contributed by atoms with Crippen LogP contribution in [0.15, 0.2) is 0 Å². The van der Waals surface area contributed by atoms with Crippen molar-refractivity contribution < 1.29 is 9.53 Å². The molecular formula is C12H22N2O2. The summed E-state index contributed by atoms with van der Waals surface area (Å²) in [6.45, 7) is 5.62. The number of hydrogen-bond donors (Lipinski definition) is 1. The fraction of sp³-hybridized carbons (Fsp3) is 0.917. The van der Waals surface area contributed by atoms with Gasteiger partial charge in [-0.05, 0) is 45.6 Å². The van der Waals surface area contributed by atoms with Crippen molar-refractivity contribution in [1.29, 1.82) is 0 Å². The smallest absolute Gasteiger partial charge is 0.251 e. The van der Waals surface area contributed by atoms with E-state index in [0.29, 0.717) is 18.5 Å². The fourth-order valence-electron chi connectivity index (χ4n) is 2.79. The molecule has 0 radical (unpaired) electrons. The lowest BCUT2D eigenvalue weighted by atomic mass is 10.1. The largest absolute Gasteiger partial charge is 0.365 e. The highest BCUT2D eigenvalue weighted by Crippen LogP contribution is 2.27. The maximum absolute atomic E-state index is 12.2. The van der Waals surface area contributed by atoms with E-state index in [1.165, 1.54) is 0 Å². The van der Waals surface area contributed by atoms with Crippen molar-refractivity contribution in [1.82, 2.24) is 4.90 Å². The van der Waals surface area contributed by atoms with Crippen LogP contribution < -0.4 is 5.73 Å². The van der Waals surface area contributed by atoms with E-state index >= 15 is 0 Å². The molecule has 4 heteroatoms. The number of carbonyl (C=O) groups excluding carboxylic acids is 1. The molecule has 0 aromatic rings. The molecule has 2 heterocycles. The molecule has 2 aliphatic heterocycles. The Morgan fingerprint density at radius 2 is 2.19 bits per heavy atom. The van der Waals surface area contributed by atoms with Crippen LogP contribution in [0.4, 0.5) is 0 Å². The van der Waals surface area contributed by atoms with Crippen LogP contribution in [0.1, 0.15) is 33.1 Å². The van der Waals surface area contributed by atoms with Gasteiger partial charge in [-0.15, -0.1) is 0 Å². The standard InChI is InChI=1S/C12H22N2O2/c1-8-5-10(6-13)7-14(8)12(15)11-4-3-9(2)16-11/h8-11H,3-7,13H2,1-2H3. The van der Waals surface area contributed by atoms with Gasteiger partial charge in [0.15, 0.2) is 0 Å². The zero-order valence-corrected chi connectivity index (χ0v) is 10.2. The van der Waals surface area contributed by atoms with Crippen molar-refractivity contribution in [2.45, 2.75) is 51.4 Å².